The van der Waals surface area contributed by atoms with Gasteiger partial charge in [0.05, 0.1) is 6.54 Å². The van der Waals surface area contributed by atoms with E-state index in [1.807, 2.05) is 24.5 Å². The molecule has 1 atom stereocenters. The van der Waals surface area contributed by atoms with Crippen LogP contribution in [0.25, 0.3) is 0 Å². The summed E-state index contributed by atoms with van der Waals surface area (Å²) in [4.78, 5) is 25.1. The molecule has 0 spiro atoms. The van der Waals surface area contributed by atoms with E-state index in [0.29, 0.717) is 5.69 Å². The molecule has 0 aliphatic carbocycles. The number of hydrogen-bond acceptors (Lipinski definition) is 4. The number of hydrogen-bond donors (Lipinski definition) is 2. The number of amides is 1. The van der Waals surface area contributed by atoms with E-state index in [-0.39, 0.29) is 24.9 Å². The molecule has 0 aliphatic rings. The number of nitrogens with zero attached hydrogens (tertiary/aromatic N) is 1. The van der Waals surface area contributed by atoms with Gasteiger partial charge in [0, 0.05) is 10.6 Å². The van der Waals surface area contributed by atoms with Crippen LogP contribution in [0.5, 0.6) is 0 Å². The van der Waals surface area contributed by atoms with Gasteiger partial charge in [0.2, 0.25) is 5.91 Å². The third-order valence-electron chi connectivity index (χ3n) is 2.77. The first-order chi connectivity index (χ1) is 8.93. The fourth-order valence-corrected chi connectivity index (χ4v) is 1.91. The van der Waals surface area contributed by atoms with Gasteiger partial charge in [-0.15, -0.1) is 24.2 Å². The van der Waals surface area contributed by atoms with Gasteiger partial charge in [-0.3, -0.25) is 14.5 Å². The van der Waals surface area contributed by atoms with Crippen molar-refractivity contribution >= 4 is 41.7 Å². The highest BCUT2D eigenvalue weighted by Crippen LogP contribution is 2.18. The average Bonchev–Trinajstić information content (AvgIpc) is 2.37. The zero-order chi connectivity index (χ0) is 14.4. The van der Waals surface area contributed by atoms with Gasteiger partial charge in [-0.1, -0.05) is 6.07 Å². The molecular weight excluding hydrogens is 300 g/mol. The number of thioether (sulfide) groups is 1. The minimum Gasteiger partial charge on any atom is -0.480 e. The maximum absolute atomic E-state index is 11.8. The first-order valence-electron chi connectivity index (χ1n) is 5.81. The van der Waals surface area contributed by atoms with Crippen LogP contribution in [-0.4, -0.2) is 47.8 Å². The van der Waals surface area contributed by atoms with Crippen molar-refractivity contribution in [3.8, 4) is 0 Å². The topological polar surface area (TPSA) is 69.6 Å². The van der Waals surface area contributed by atoms with Crippen LogP contribution in [0.2, 0.25) is 0 Å². The minimum absolute atomic E-state index is 0. The predicted molar refractivity (Wildman–Crippen MR) is 83.8 cm³/mol. The van der Waals surface area contributed by atoms with Crippen molar-refractivity contribution in [2.45, 2.75) is 17.9 Å². The van der Waals surface area contributed by atoms with Gasteiger partial charge in [-0.25, -0.2) is 0 Å². The highest BCUT2D eigenvalue weighted by atomic mass is 35.5. The normalized spacial score (nSPS) is 11.6. The zero-order valence-electron chi connectivity index (χ0n) is 11.6. The maximum Gasteiger partial charge on any atom is 0.320 e. The van der Waals surface area contributed by atoms with E-state index in [9.17, 15) is 9.59 Å². The van der Waals surface area contributed by atoms with E-state index in [2.05, 4.69) is 5.32 Å². The standard InChI is InChI=1S/C13H18N2O3S.ClH/c1-9(13(17)18)15(2)8-12(16)14-10-5-4-6-11(7-10)19-3;/h4-7,9H,8H2,1-3H3,(H,14,16)(H,17,18);1H. The summed E-state index contributed by atoms with van der Waals surface area (Å²) in [6, 6.07) is 6.81. The average molecular weight is 319 g/mol. The molecule has 0 heterocycles. The molecule has 0 fully saturated rings. The first-order valence-corrected chi connectivity index (χ1v) is 7.03. The number of benzene rings is 1. The minimum atomic E-state index is -0.945. The molecule has 0 bridgehead atoms. The molecule has 20 heavy (non-hydrogen) atoms. The van der Waals surface area contributed by atoms with Crippen molar-refractivity contribution in [1.29, 1.82) is 0 Å². The number of carbonyl (C=O) groups is 2. The Kier molecular flexibility index (Phi) is 8.29. The fraction of sp³-hybridized carbons (Fsp3) is 0.385. The molecule has 5 nitrogen and oxygen atoms in total. The van der Waals surface area contributed by atoms with Crippen LogP contribution in [-0.2, 0) is 9.59 Å². The fourth-order valence-electron chi connectivity index (χ4n) is 1.45. The highest BCUT2D eigenvalue weighted by molar-refractivity contribution is 7.98. The Balaban J connectivity index is 0.00000361. The number of aliphatic carboxylic acids is 1. The third kappa shape index (κ3) is 5.81. The number of carbonyl (C=O) groups excluding carboxylic acids is 1. The molecule has 0 saturated carbocycles. The Morgan fingerprint density at radius 1 is 1.45 bits per heavy atom. The molecule has 1 aromatic carbocycles. The summed E-state index contributed by atoms with van der Waals surface area (Å²) >= 11 is 1.59. The summed E-state index contributed by atoms with van der Waals surface area (Å²) in [7, 11) is 1.61. The van der Waals surface area contributed by atoms with Crippen molar-refractivity contribution in [3.05, 3.63) is 24.3 Å². The monoisotopic (exact) mass is 318 g/mol. The molecule has 1 unspecified atom stereocenters. The van der Waals surface area contributed by atoms with Crippen molar-refractivity contribution in [2.75, 3.05) is 25.2 Å². The van der Waals surface area contributed by atoms with E-state index < -0.39 is 12.0 Å². The Hall–Kier alpha value is -1.24. The van der Waals surface area contributed by atoms with Crippen molar-refractivity contribution in [1.82, 2.24) is 4.90 Å². The second-order valence-electron chi connectivity index (χ2n) is 4.21. The SMILES string of the molecule is CSc1cccc(NC(=O)CN(C)C(C)C(=O)O)c1.Cl. The van der Waals surface area contributed by atoms with Crippen LogP contribution in [0.4, 0.5) is 5.69 Å². The third-order valence-corrected chi connectivity index (χ3v) is 3.49. The van der Waals surface area contributed by atoms with Gasteiger partial charge in [0.15, 0.2) is 0 Å². The number of rotatable bonds is 6. The Bertz CT molecular complexity index is 471. The number of halogens is 1. The number of carboxylic acid groups (broad SMARTS) is 1. The van der Waals surface area contributed by atoms with Gasteiger partial charge in [-0.05, 0) is 38.4 Å². The molecule has 1 amide bonds. The van der Waals surface area contributed by atoms with Gasteiger partial charge in [0.25, 0.3) is 0 Å². The van der Waals surface area contributed by atoms with Gasteiger partial charge < -0.3 is 10.4 Å². The van der Waals surface area contributed by atoms with Gasteiger partial charge >= 0.3 is 5.97 Å². The predicted octanol–water partition coefficient (Wildman–Crippen LogP) is 2.17. The largest absolute Gasteiger partial charge is 0.480 e. The number of nitrogens with one attached hydrogen (secondary N) is 1. The smallest absolute Gasteiger partial charge is 0.320 e. The van der Waals surface area contributed by atoms with E-state index in [0.717, 1.165) is 4.90 Å². The molecule has 0 aromatic heterocycles. The summed E-state index contributed by atoms with van der Waals surface area (Å²) in [5.41, 5.74) is 0.716. The molecule has 7 heteroatoms. The highest BCUT2D eigenvalue weighted by Gasteiger charge is 2.18. The van der Waals surface area contributed by atoms with Crippen LogP contribution in [0.3, 0.4) is 0 Å². The Morgan fingerprint density at radius 3 is 2.65 bits per heavy atom. The molecule has 1 rings (SSSR count). The van der Waals surface area contributed by atoms with Crippen LogP contribution >= 0.6 is 24.2 Å². The van der Waals surface area contributed by atoms with Crippen molar-refractivity contribution in [2.24, 2.45) is 0 Å². The lowest BCUT2D eigenvalue weighted by molar-refractivity contribution is -0.142. The quantitative estimate of drug-likeness (QED) is 0.787. The van der Waals surface area contributed by atoms with E-state index in [1.54, 1.807) is 31.8 Å². The van der Waals surface area contributed by atoms with Crippen LogP contribution < -0.4 is 5.32 Å². The van der Waals surface area contributed by atoms with Crippen molar-refractivity contribution in [3.63, 3.8) is 0 Å². The molecule has 0 aliphatic heterocycles. The number of anilines is 1. The Morgan fingerprint density at radius 2 is 2.10 bits per heavy atom. The Labute approximate surface area is 129 Å². The lowest BCUT2D eigenvalue weighted by Gasteiger charge is -2.20. The van der Waals surface area contributed by atoms with Crippen LogP contribution in [0, 0.1) is 0 Å². The summed E-state index contributed by atoms with van der Waals surface area (Å²) < 4.78 is 0. The van der Waals surface area contributed by atoms with E-state index >= 15 is 0 Å². The molecule has 1 aromatic rings. The second-order valence-corrected chi connectivity index (χ2v) is 5.09. The summed E-state index contributed by atoms with van der Waals surface area (Å²) in [6.45, 7) is 1.58. The van der Waals surface area contributed by atoms with Crippen LogP contribution in [0.1, 0.15) is 6.92 Å². The number of likely N-dealkylation sites (N-methyl/N-ethyl adjacent to an activating group) is 1. The summed E-state index contributed by atoms with van der Waals surface area (Å²) in [5, 5.41) is 11.6. The lowest BCUT2D eigenvalue weighted by Crippen LogP contribution is -2.40. The molecule has 2 N–H and O–H groups in total. The molecule has 112 valence electrons. The van der Waals surface area contributed by atoms with Crippen LogP contribution in [0.15, 0.2) is 29.2 Å². The van der Waals surface area contributed by atoms with Gasteiger partial charge in [-0.2, -0.15) is 0 Å². The maximum atomic E-state index is 11.8. The second kappa shape index (κ2) is 8.84. The van der Waals surface area contributed by atoms with E-state index in [1.165, 1.54) is 4.90 Å². The van der Waals surface area contributed by atoms with Gasteiger partial charge in [0.1, 0.15) is 6.04 Å². The summed E-state index contributed by atoms with van der Waals surface area (Å²) in [6.07, 6.45) is 1.96. The molecule has 0 radical (unpaired) electrons. The zero-order valence-corrected chi connectivity index (χ0v) is 13.3. The number of carboxylic acids is 1. The molecule has 0 saturated heterocycles. The summed E-state index contributed by atoms with van der Waals surface area (Å²) in [5.74, 6) is -1.17. The first kappa shape index (κ1) is 18.8. The lowest BCUT2D eigenvalue weighted by atomic mass is 10.3. The van der Waals surface area contributed by atoms with Crippen molar-refractivity contribution < 1.29 is 14.7 Å². The van der Waals surface area contributed by atoms with E-state index in [4.69, 9.17) is 5.11 Å². The molecular formula is C13H19ClN2O3S.